The van der Waals surface area contributed by atoms with E-state index in [1.807, 2.05) is 0 Å². The molecule has 2 aliphatic carbocycles. The minimum atomic E-state index is 0.425. The quantitative estimate of drug-likeness (QED) is 0.590. The van der Waals surface area contributed by atoms with Crippen LogP contribution in [0.15, 0.2) is 48.1 Å². The van der Waals surface area contributed by atoms with Crippen molar-refractivity contribution in [3.05, 3.63) is 53.6 Å². The van der Waals surface area contributed by atoms with E-state index in [4.69, 9.17) is 0 Å². The molecular formula is C17H20. The van der Waals surface area contributed by atoms with Crippen LogP contribution in [-0.4, -0.2) is 0 Å². The third-order valence-corrected chi connectivity index (χ3v) is 4.28. The van der Waals surface area contributed by atoms with Crippen LogP contribution in [0, 0.1) is 5.41 Å². The number of hydrogen-bond donors (Lipinski definition) is 0. The Kier molecular flexibility index (Phi) is 2.88. The molecule has 1 fully saturated rings. The maximum absolute atomic E-state index is 2.50. The number of benzene rings is 1. The van der Waals surface area contributed by atoms with E-state index >= 15 is 0 Å². The van der Waals surface area contributed by atoms with Crippen LogP contribution in [0.25, 0.3) is 6.08 Å². The van der Waals surface area contributed by atoms with Crippen molar-refractivity contribution < 1.29 is 0 Å². The Balaban J connectivity index is 1.94. The first-order valence-corrected chi connectivity index (χ1v) is 6.83. The second-order valence-corrected chi connectivity index (χ2v) is 5.38. The van der Waals surface area contributed by atoms with Gasteiger partial charge in [0.15, 0.2) is 0 Å². The molecule has 88 valence electrons. The molecule has 0 heterocycles. The van der Waals surface area contributed by atoms with Gasteiger partial charge in [0.25, 0.3) is 0 Å². The van der Waals surface area contributed by atoms with Crippen LogP contribution in [0.5, 0.6) is 0 Å². The first kappa shape index (κ1) is 10.8. The van der Waals surface area contributed by atoms with Gasteiger partial charge in [0, 0.05) is 5.41 Å². The predicted molar refractivity (Wildman–Crippen MR) is 73.7 cm³/mol. The minimum absolute atomic E-state index is 0.425. The Bertz CT molecular complexity index is 438. The molecule has 2 aliphatic rings. The molecule has 0 N–H and O–H groups in total. The van der Waals surface area contributed by atoms with Gasteiger partial charge in [0.1, 0.15) is 0 Å². The fourth-order valence-corrected chi connectivity index (χ4v) is 3.37. The van der Waals surface area contributed by atoms with Gasteiger partial charge in [-0.2, -0.15) is 0 Å². The van der Waals surface area contributed by atoms with Crippen LogP contribution >= 0.6 is 0 Å². The molecule has 1 aromatic rings. The summed E-state index contributed by atoms with van der Waals surface area (Å²) in [5.74, 6) is 0. The zero-order valence-electron chi connectivity index (χ0n) is 10.4. The van der Waals surface area contributed by atoms with Crippen molar-refractivity contribution in [2.45, 2.75) is 38.5 Å². The highest BCUT2D eigenvalue weighted by atomic mass is 14.4. The molecule has 1 aromatic carbocycles. The molecule has 3 rings (SSSR count). The lowest BCUT2D eigenvalue weighted by Gasteiger charge is -2.30. The Morgan fingerprint density at radius 1 is 1.00 bits per heavy atom. The summed E-state index contributed by atoms with van der Waals surface area (Å²) in [6.07, 6.45) is 15.4. The Morgan fingerprint density at radius 3 is 2.59 bits per heavy atom. The molecular weight excluding hydrogens is 204 g/mol. The van der Waals surface area contributed by atoms with E-state index in [9.17, 15) is 0 Å². The lowest BCUT2D eigenvalue weighted by molar-refractivity contribution is 0.405. The highest BCUT2D eigenvalue weighted by molar-refractivity contribution is 5.56. The van der Waals surface area contributed by atoms with Crippen LogP contribution in [0.1, 0.15) is 44.1 Å². The summed E-state index contributed by atoms with van der Waals surface area (Å²) in [4.78, 5) is 0. The van der Waals surface area contributed by atoms with Crippen LogP contribution in [0.3, 0.4) is 0 Å². The van der Waals surface area contributed by atoms with Crippen molar-refractivity contribution in [3.63, 3.8) is 0 Å². The van der Waals surface area contributed by atoms with Gasteiger partial charge in [0.05, 0.1) is 0 Å². The number of rotatable bonds is 1. The van der Waals surface area contributed by atoms with E-state index in [2.05, 4.69) is 48.6 Å². The van der Waals surface area contributed by atoms with Crippen molar-refractivity contribution in [3.8, 4) is 0 Å². The van der Waals surface area contributed by atoms with Gasteiger partial charge in [-0.25, -0.2) is 0 Å². The van der Waals surface area contributed by atoms with Crippen molar-refractivity contribution in [1.82, 2.24) is 0 Å². The second-order valence-electron chi connectivity index (χ2n) is 5.38. The van der Waals surface area contributed by atoms with Crippen LogP contribution < -0.4 is 0 Å². The van der Waals surface area contributed by atoms with Gasteiger partial charge in [-0.05, 0) is 44.1 Å². The normalized spacial score (nSPS) is 30.2. The number of allylic oxidation sites excluding steroid dienone is 3. The molecule has 0 heteroatoms. The van der Waals surface area contributed by atoms with Crippen LogP contribution in [-0.2, 0) is 0 Å². The van der Waals surface area contributed by atoms with Crippen LogP contribution in [0.4, 0.5) is 0 Å². The minimum Gasteiger partial charge on any atom is -0.0877 e. The first-order chi connectivity index (χ1) is 8.39. The molecule has 0 saturated heterocycles. The van der Waals surface area contributed by atoms with E-state index in [1.165, 1.54) is 44.1 Å². The zero-order valence-corrected chi connectivity index (χ0v) is 10.4. The molecule has 0 nitrogen and oxygen atoms in total. The summed E-state index contributed by atoms with van der Waals surface area (Å²) in [5.41, 5.74) is 3.45. The second kappa shape index (κ2) is 4.52. The van der Waals surface area contributed by atoms with Crippen molar-refractivity contribution in [1.29, 1.82) is 0 Å². The van der Waals surface area contributed by atoms with Gasteiger partial charge in [0.2, 0.25) is 0 Å². The average Bonchev–Trinajstić information content (AvgIpc) is 2.74. The van der Waals surface area contributed by atoms with Gasteiger partial charge in [-0.1, -0.05) is 54.1 Å². The average molecular weight is 224 g/mol. The lowest BCUT2D eigenvalue weighted by atomic mass is 9.74. The van der Waals surface area contributed by atoms with Crippen LogP contribution in [0.2, 0.25) is 0 Å². The highest BCUT2D eigenvalue weighted by Gasteiger charge is 2.36. The molecule has 0 bridgehead atoms. The van der Waals surface area contributed by atoms with Gasteiger partial charge >= 0.3 is 0 Å². The maximum Gasteiger partial charge on any atom is 0.00943 e. The summed E-state index contributed by atoms with van der Waals surface area (Å²) >= 11 is 0. The Labute approximate surface area is 104 Å². The summed E-state index contributed by atoms with van der Waals surface area (Å²) in [7, 11) is 0. The smallest absolute Gasteiger partial charge is 0.00943 e. The Morgan fingerprint density at radius 2 is 1.82 bits per heavy atom. The fraction of sp³-hybridized carbons (Fsp3) is 0.412. The van der Waals surface area contributed by atoms with E-state index in [0.29, 0.717) is 5.41 Å². The SMILES string of the molecule is C1=CC2(CCC1)CCC/C2=C\c1ccccc1. The highest BCUT2D eigenvalue weighted by Crippen LogP contribution is 2.50. The number of hydrogen-bond acceptors (Lipinski definition) is 0. The van der Waals surface area contributed by atoms with Crippen molar-refractivity contribution in [2.75, 3.05) is 0 Å². The van der Waals surface area contributed by atoms with E-state index in [1.54, 1.807) is 5.57 Å². The van der Waals surface area contributed by atoms with Gasteiger partial charge in [-0.3, -0.25) is 0 Å². The molecule has 1 unspecified atom stereocenters. The van der Waals surface area contributed by atoms with Gasteiger partial charge in [-0.15, -0.1) is 0 Å². The lowest BCUT2D eigenvalue weighted by Crippen LogP contribution is -2.17. The summed E-state index contributed by atoms with van der Waals surface area (Å²) in [6, 6.07) is 10.8. The van der Waals surface area contributed by atoms with E-state index in [-0.39, 0.29) is 0 Å². The van der Waals surface area contributed by atoms with Gasteiger partial charge < -0.3 is 0 Å². The molecule has 1 atom stereocenters. The van der Waals surface area contributed by atoms with E-state index in [0.717, 1.165) is 0 Å². The third-order valence-electron chi connectivity index (χ3n) is 4.28. The van der Waals surface area contributed by atoms with E-state index < -0.39 is 0 Å². The largest absolute Gasteiger partial charge is 0.0877 e. The molecule has 1 spiro atoms. The Hall–Kier alpha value is -1.30. The fourth-order valence-electron chi connectivity index (χ4n) is 3.37. The molecule has 0 amide bonds. The summed E-state index contributed by atoms with van der Waals surface area (Å²) in [5, 5.41) is 0. The molecule has 1 saturated carbocycles. The molecule has 17 heavy (non-hydrogen) atoms. The topological polar surface area (TPSA) is 0 Å². The van der Waals surface area contributed by atoms with Crippen molar-refractivity contribution >= 4 is 6.08 Å². The summed E-state index contributed by atoms with van der Waals surface area (Å²) in [6.45, 7) is 0. The first-order valence-electron chi connectivity index (χ1n) is 6.83. The molecule has 0 aromatic heterocycles. The maximum atomic E-state index is 2.50. The standard InChI is InChI=1S/C17H20/c1-3-8-15(9-4-1)14-16-10-7-13-17(16)11-5-2-6-12-17/h1,3-5,8-9,11,14H,2,6-7,10,12-13H2/b16-14+. The predicted octanol–water partition coefficient (Wildman–Crippen LogP) is 4.98. The molecule has 0 radical (unpaired) electrons. The zero-order chi connectivity index (χ0) is 11.6. The monoisotopic (exact) mass is 224 g/mol. The summed E-state index contributed by atoms with van der Waals surface area (Å²) < 4.78 is 0. The third kappa shape index (κ3) is 2.09. The molecule has 0 aliphatic heterocycles. The van der Waals surface area contributed by atoms with Crippen molar-refractivity contribution in [2.24, 2.45) is 5.41 Å².